The topological polar surface area (TPSA) is 24.5 Å². The van der Waals surface area contributed by atoms with Crippen LogP contribution in [-0.2, 0) is 6.54 Å². The Morgan fingerprint density at radius 2 is 1.86 bits per heavy atom. The van der Waals surface area contributed by atoms with Crippen LogP contribution in [-0.4, -0.2) is 20.7 Å². The van der Waals surface area contributed by atoms with Gasteiger partial charge in [-0.3, -0.25) is 0 Å². The van der Waals surface area contributed by atoms with E-state index in [4.69, 9.17) is 4.74 Å². The Morgan fingerprint density at radius 3 is 2.57 bits per heavy atom. The maximum Gasteiger partial charge on any atom is 0.124 e. The van der Waals surface area contributed by atoms with Gasteiger partial charge in [-0.25, -0.2) is 0 Å². The summed E-state index contributed by atoms with van der Waals surface area (Å²) in [4.78, 5) is 2.13. The molecule has 0 unspecified atom stereocenters. The molecule has 2 aromatic carbocycles. The van der Waals surface area contributed by atoms with Gasteiger partial charge in [-0.15, -0.1) is 0 Å². The molecular weight excluding hydrogens is 260 g/mol. The molecule has 0 aliphatic heterocycles. The van der Waals surface area contributed by atoms with E-state index in [9.17, 15) is 0 Å². The van der Waals surface area contributed by atoms with Crippen LogP contribution in [0.4, 0.5) is 11.4 Å². The lowest BCUT2D eigenvalue weighted by Gasteiger charge is -2.18. The second-order valence-electron chi connectivity index (χ2n) is 5.29. The van der Waals surface area contributed by atoms with Gasteiger partial charge in [-0.2, -0.15) is 0 Å². The molecule has 0 saturated heterocycles. The third-order valence-electron chi connectivity index (χ3n) is 3.45. The molecule has 112 valence electrons. The van der Waals surface area contributed by atoms with Gasteiger partial charge in [0.1, 0.15) is 5.75 Å². The van der Waals surface area contributed by atoms with Gasteiger partial charge in [-0.1, -0.05) is 24.3 Å². The van der Waals surface area contributed by atoms with Gasteiger partial charge in [0.05, 0.1) is 6.61 Å². The van der Waals surface area contributed by atoms with Crippen molar-refractivity contribution in [3.05, 3.63) is 53.6 Å². The number of para-hydroxylation sites is 1. The van der Waals surface area contributed by atoms with E-state index in [2.05, 4.69) is 55.5 Å². The van der Waals surface area contributed by atoms with Crippen molar-refractivity contribution in [1.29, 1.82) is 0 Å². The summed E-state index contributed by atoms with van der Waals surface area (Å²) in [5, 5.41) is 3.48. The summed E-state index contributed by atoms with van der Waals surface area (Å²) in [6, 6.07) is 14.6. The van der Waals surface area contributed by atoms with Crippen molar-refractivity contribution < 1.29 is 4.74 Å². The minimum Gasteiger partial charge on any atom is -0.494 e. The minimum atomic E-state index is 0.687. The van der Waals surface area contributed by atoms with Crippen LogP contribution in [0.1, 0.15) is 18.1 Å². The third kappa shape index (κ3) is 3.91. The van der Waals surface area contributed by atoms with Gasteiger partial charge in [0, 0.05) is 37.6 Å². The van der Waals surface area contributed by atoms with E-state index in [1.165, 1.54) is 16.8 Å². The number of aryl methyl sites for hydroxylation is 1. The fraction of sp³-hybridized carbons (Fsp3) is 0.333. The van der Waals surface area contributed by atoms with E-state index in [0.717, 1.165) is 18.0 Å². The minimum absolute atomic E-state index is 0.687. The lowest BCUT2D eigenvalue weighted by Crippen LogP contribution is -2.11. The lowest BCUT2D eigenvalue weighted by atomic mass is 10.1. The van der Waals surface area contributed by atoms with Crippen LogP contribution < -0.4 is 15.0 Å². The number of hydrogen-bond acceptors (Lipinski definition) is 3. The van der Waals surface area contributed by atoms with Crippen LogP contribution in [0.15, 0.2) is 42.5 Å². The Bertz CT molecular complexity index is 594. The molecule has 0 amide bonds. The number of rotatable bonds is 6. The van der Waals surface area contributed by atoms with Crippen LogP contribution >= 0.6 is 0 Å². The molecule has 1 N–H and O–H groups in total. The molecule has 0 fully saturated rings. The summed E-state index contributed by atoms with van der Waals surface area (Å²) in [6.45, 7) is 5.58. The quantitative estimate of drug-likeness (QED) is 0.865. The van der Waals surface area contributed by atoms with Gasteiger partial charge in [-0.05, 0) is 37.6 Å². The Kier molecular flexibility index (Phi) is 5.09. The zero-order valence-electron chi connectivity index (χ0n) is 13.3. The van der Waals surface area contributed by atoms with E-state index in [-0.39, 0.29) is 0 Å². The Labute approximate surface area is 127 Å². The molecule has 0 aromatic heterocycles. The average molecular weight is 284 g/mol. The van der Waals surface area contributed by atoms with Crippen molar-refractivity contribution in [3.8, 4) is 5.75 Å². The largest absolute Gasteiger partial charge is 0.494 e. The van der Waals surface area contributed by atoms with Crippen LogP contribution in [0.2, 0.25) is 0 Å². The Balaban J connectivity index is 2.11. The van der Waals surface area contributed by atoms with Crippen molar-refractivity contribution in [2.45, 2.75) is 20.4 Å². The number of nitrogens with zero attached hydrogens (tertiary/aromatic N) is 1. The molecule has 0 aliphatic carbocycles. The first-order valence-corrected chi connectivity index (χ1v) is 7.34. The number of ether oxygens (including phenoxy) is 1. The van der Waals surface area contributed by atoms with Crippen molar-refractivity contribution in [2.75, 3.05) is 30.9 Å². The van der Waals surface area contributed by atoms with Gasteiger partial charge < -0.3 is 15.0 Å². The van der Waals surface area contributed by atoms with Crippen molar-refractivity contribution >= 4 is 11.4 Å². The van der Waals surface area contributed by atoms with E-state index < -0.39 is 0 Å². The normalized spacial score (nSPS) is 10.3. The fourth-order valence-corrected chi connectivity index (χ4v) is 2.34. The highest BCUT2D eigenvalue weighted by molar-refractivity contribution is 5.62. The molecule has 0 radical (unpaired) electrons. The second-order valence-corrected chi connectivity index (χ2v) is 5.29. The van der Waals surface area contributed by atoms with Crippen molar-refractivity contribution in [2.24, 2.45) is 0 Å². The molecule has 2 rings (SSSR count). The summed E-state index contributed by atoms with van der Waals surface area (Å²) in [5.74, 6) is 0.951. The maximum atomic E-state index is 5.66. The van der Waals surface area contributed by atoms with E-state index in [0.29, 0.717) is 6.61 Å². The summed E-state index contributed by atoms with van der Waals surface area (Å²) in [6.07, 6.45) is 0. The van der Waals surface area contributed by atoms with E-state index in [1.54, 1.807) is 0 Å². The molecular formula is C18H24N2O. The Hall–Kier alpha value is -2.16. The zero-order chi connectivity index (χ0) is 15.2. The Morgan fingerprint density at radius 1 is 1.10 bits per heavy atom. The van der Waals surface area contributed by atoms with Gasteiger partial charge in [0.25, 0.3) is 0 Å². The average Bonchev–Trinajstić information content (AvgIpc) is 2.47. The predicted octanol–water partition coefficient (Wildman–Crippen LogP) is 4.07. The number of hydrogen-bond donors (Lipinski definition) is 1. The molecule has 0 spiro atoms. The van der Waals surface area contributed by atoms with Gasteiger partial charge in [0.2, 0.25) is 0 Å². The van der Waals surface area contributed by atoms with E-state index in [1.807, 2.05) is 25.1 Å². The second kappa shape index (κ2) is 7.02. The number of anilines is 2. The first-order valence-electron chi connectivity index (χ1n) is 7.34. The highest BCUT2D eigenvalue weighted by atomic mass is 16.5. The van der Waals surface area contributed by atoms with Crippen LogP contribution in [0.3, 0.4) is 0 Å². The standard InChI is InChI=1S/C18H24N2O/c1-5-21-18-9-7-6-8-15(18)13-19-16-11-10-14(2)17(12-16)20(3)4/h6-12,19H,5,13H2,1-4H3. The summed E-state index contributed by atoms with van der Waals surface area (Å²) < 4.78 is 5.66. The summed E-state index contributed by atoms with van der Waals surface area (Å²) in [5.41, 5.74) is 4.81. The van der Waals surface area contributed by atoms with Crippen LogP contribution in [0.25, 0.3) is 0 Å². The summed E-state index contributed by atoms with van der Waals surface area (Å²) in [7, 11) is 4.13. The predicted molar refractivity (Wildman–Crippen MR) is 90.4 cm³/mol. The first kappa shape index (κ1) is 15.2. The van der Waals surface area contributed by atoms with Crippen LogP contribution in [0.5, 0.6) is 5.75 Å². The number of benzene rings is 2. The molecule has 3 nitrogen and oxygen atoms in total. The van der Waals surface area contributed by atoms with Gasteiger partial charge in [0.15, 0.2) is 0 Å². The number of nitrogens with one attached hydrogen (secondary N) is 1. The summed E-state index contributed by atoms with van der Waals surface area (Å²) >= 11 is 0. The molecule has 21 heavy (non-hydrogen) atoms. The van der Waals surface area contributed by atoms with Crippen LogP contribution in [0, 0.1) is 6.92 Å². The molecule has 0 saturated carbocycles. The molecule has 3 heteroatoms. The highest BCUT2D eigenvalue weighted by Gasteiger charge is 2.05. The maximum absolute atomic E-state index is 5.66. The lowest BCUT2D eigenvalue weighted by molar-refractivity contribution is 0.337. The molecule has 0 aliphatic rings. The third-order valence-corrected chi connectivity index (χ3v) is 3.45. The van der Waals surface area contributed by atoms with Gasteiger partial charge >= 0.3 is 0 Å². The molecule has 0 bridgehead atoms. The zero-order valence-corrected chi connectivity index (χ0v) is 13.3. The smallest absolute Gasteiger partial charge is 0.124 e. The van der Waals surface area contributed by atoms with E-state index >= 15 is 0 Å². The molecule has 0 atom stereocenters. The van der Waals surface area contributed by atoms with Crippen molar-refractivity contribution in [1.82, 2.24) is 0 Å². The fourth-order valence-electron chi connectivity index (χ4n) is 2.34. The highest BCUT2D eigenvalue weighted by Crippen LogP contribution is 2.24. The molecule has 2 aromatic rings. The monoisotopic (exact) mass is 284 g/mol. The first-order chi connectivity index (χ1) is 10.1. The molecule has 0 heterocycles. The van der Waals surface area contributed by atoms with Crippen molar-refractivity contribution in [3.63, 3.8) is 0 Å². The SMILES string of the molecule is CCOc1ccccc1CNc1ccc(C)c(N(C)C)c1.